The lowest BCUT2D eigenvalue weighted by Gasteiger charge is -2.11. The molecule has 31 heavy (non-hydrogen) atoms. The number of nitro benzene ring substituents is 1. The Bertz CT molecular complexity index is 1140. The van der Waals surface area contributed by atoms with E-state index in [1.165, 1.54) is 25.3 Å². The number of nitrogens with zero attached hydrogens (tertiary/aromatic N) is 2. The Labute approximate surface area is 178 Å². The Morgan fingerprint density at radius 1 is 1.10 bits per heavy atom. The first kappa shape index (κ1) is 21.6. The standard InChI is InChI=1S/C22H21N3O6/c1-14-11-18(15(2)24(14)16-7-5-4-6-8-16)22(27)31-13-21(26)23-19-12-17(25(28)29)9-10-20(19)30-3/h4-12H,13H2,1-3H3,(H,23,26). The maximum Gasteiger partial charge on any atom is 0.340 e. The number of benzene rings is 2. The number of amides is 1. The number of hydrogen-bond acceptors (Lipinski definition) is 6. The van der Waals surface area contributed by atoms with Crippen molar-refractivity contribution in [3.8, 4) is 11.4 Å². The summed E-state index contributed by atoms with van der Waals surface area (Å²) in [4.78, 5) is 35.2. The molecule has 1 heterocycles. The van der Waals surface area contributed by atoms with Crippen molar-refractivity contribution in [1.82, 2.24) is 4.57 Å². The first-order chi connectivity index (χ1) is 14.8. The number of aromatic nitrogens is 1. The highest BCUT2D eigenvalue weighted by molar-refractivity contribution is 5.97. The smallest absolute Gasteiger partial charge is 0.340 e. The molecule has 0 spiro atoms. The molecular formula is C22H21N3O6. The second-order valence-electron chi connectivity index (χ2n) is 6.72. The second kappa shape index (κ2) is 9.12. The fourth-order valence-electron chi connectivity index (χ4n) is 3.25. The number of rotatable bonds is 7. The number of esters is 1. The van der Waals surface area contributed by atoms with Crippen molar-refractivity contribution in [2.24, 2.45) is 0 Å². The van der Waals surface area contributed by atoms with Crippen LogP contribution in [0, 0.1) is 24.0 Å². The van der Waals surface area contributed by atoms with E-state index >= 15 is 0 Å². The Morgan fingerprint density at radius 2 is 1.81 bits per heavy atom. The number of carbonyl (C=O) groups excluding carboxylic acids is 2. The fraction of sp³-hybridized carbons (Fsp3) is 0.182. The first-order valence-corrected chi connectivity index (χ1v) is 9.35. The summed E-state index contributed by atoms with van der Waals surface area (Å²) in [7, 11) is 1.37. The van der Waals surface area contributed by atoms with Gasteiger partial charge in [0.05, 0.1) is 23.3 Å². The van der Waals surface area contributed by atoms with Crippen molar-refractivity contribution >= 4 is 23.3 Å². The number of nitro groups is 1. The van der Waals surface area contributed by atoms with Crippen molar-refractivity contribution < 1.29 is 24.0 Å². The van der Waals surface area contributed by atoms with Crippen LogP contribution in [-0.4, -0.2) is 35.1 Å². The lowest BCUT2D eigenvalue weighted by Crippen LogP contribution is -2.21. The number of aryl methyl sites for hydroxylation is 1. The van der Waals surface area contributed by atoms with Crippen molar-refractivity contribution in [2.45, 2.75) is 13.8 Å². The average molecular weight is 423 g/mol. The lowest BCUT2D eigenvalue weighted by molar-refractivity contribution is -0.384. The summed E-state index contributed by atoms with van der Waals surface area (Å²) in [5.74, 6) is -1.04. The van der Waals surface area contributed by atoms with Gasteiger partial charge < -0.3 is 19.4 Å². The van der Waals surface area contributed by atoms with Crippen LogP contribution in [0.25, 0.3) is 5.69 Å². The molecule has 0 unspecified atom stereocenters. The number of hydrogen-bond donors (Lipinski definition) is 1. The molecule has 3 aromatic rings. The summed E-state index contributed by atoms with van der Waals surface area (Å²) in [5.41, 5.74) is 2.70. The number of anilines is 1. The monoisotopic (exact) mass is 423 g/mol. The molecule has 0 radical (unpaired) electrons. The van der Waals surface area contributed by atoms with Gasteiger partial charge in [0.15, 0.2) is 6.61 Å². The maximum absolute atomic E-state index is 12.6. The van der Waals surface area contributed by atoms with Gasteiger partial charge in [-0.3, -0.25) is 14.9 Å². The third-order valence-corrected chi connectivity index (χ3v) is 4.67. The van der Waals surface area contributed by atoms with E-state index < -0.39 is 23.4 Å². The Morgan fingerprint density at radius 3 is 2.45 bits per heavy atom. The van der Waals surface area contributed by atoms with Crippen LogP contribution in [0.2, 0.25) is 0 Å². The van der Waals surface area contributed by atoms with E-state index in [0.717, 1.165) is 11.4 Å². The minimum Gasteiger partial charge on any atom is -0.495 e. The van der Waals surface area contributed by atoms with Gasteiger partial charge in [0.1, 0.15) is 5.75 Å². The van der Waals surface area contributed by atoms with Gasteiger partial charge in [-0.2, -0.15) is 0 Å². The quantitative estimate of drug-likeness (QED) is 0.351. The van der Waals surface area contributed by atoms with E-state index in [0.29, 0.717) is 11.3 Å². The highest BCUT2D eigenvalue weighted by Crippen LogP contribution is 2.29. The second-order valence-corrected chi connectivity index (χ2v) is 6.72. The molecule has 9 heteroatoms. The van der Waals surface area contributed by atoms with Gasteiger partial charge in [-0.1, -0.05) is 18.2 Å². The van der Waals surface area contributed by atoms with Crippen molar-refractivity contribution in [1.29, 1.82) is 0 Å². The number of carbonyl (C=O) groups is 2. The molecule has 0 aliphatic heterocycles. The van der Waals surface area contributed by atoms with E-state index in [4.69, 9.17) is 9.47 Å². The van der Waals surface area contributed by atoms with Crippen molar-refractivity contribution in [3.05, 3.63) is 81.7 Å². The van der Waals surface area contributed by atoms with Crippen LogP contribution in [0.15, 0.2) is 54.6 Å². The van der Waals surface area contributed by atoms with E-state index in [2.05, 4.69) is 5.32 Å². The van der Waals surface area contributed by atoms with E-state index in [9.17, 15) is 19.7 Å². The molecule has 1 aromatic heterocycles. The summed E-state index contributed by atoms with van der Waals surface area (Å²) in [5, 5.41) is 13.4. The van der Waals surface area contributed by atoms with Gasteiger partial charge in [-0.25, -0.2) is 4.79 Å². The predicted octanol–water partition coefficient (Wildman–Crippen LogP) is 3.81. The number of methoxy groups -OCH3 is 1. The van der Waals surface area contributed by atoms with Crippen LogP contribution >= 0.6 is 0 Å². The van der Waals surface area contributed by atoms with Crippen LogP contribution < -0.4 is 10.1 Å². The molecule has 2 aromatic carbocycles. The summed E-state index contributed by atoms with van der Waals surface area (Å²) < 4.78 is 12.2. The van der Waals surface area contributed by atoms with Gasteiger partial charge in [-0.05, 0) is 38.1 Å². The molecule has 3 rings (SSSR count). The predicted molar refractivity (Wildman–Crippen MR) is 114 cm³/mol. The molecule has 0 bridgehead atoms. The van der Waals surface area contributed by atoms with E-state index in [1.54, 1.807) is 13.0 Å². The third-order valence-electron chi connectivity index (χ3n) is 4.67. The Hall–Kier alpha value is -4.14. The minimum absolute atomic E-state index is 0.111. The van der Waals surface area contributed by atoms with E-state index in [1.807, 2.05) is 41.8 Å². The zero-order valence-electron chi connectivity index (χ0n) is 17.2. The Balaban J connectivity index is 1.70. The van der Waals surface area contributed by atoms with Crippen LogP contribution in [0.1, 0.15) is 21.7 Å². The molecule has 160 valence electrons. The van der Waals surface area contributed by atoms with Crippen LogP contribution in [0.3, 0.4) is 0 Å². The van der Waals surface area contributed by atoms with Crippen LogP contribution in [0.5, 0.6) is 5.75 Å². The van der Waals surface area contributed by atoms with Gasteiger partial charge >= 0.3 is 5.97 Å². The molecule has 0 atom stereocenters. The number of ether oxygens (including phenoxy) is 2. The zero-order chi connectivity index (χ0) is 22.5. The summed E-state index contributed by atoms with van der Waals surface area (Å²) >= 11 is 0. The molecule has 1 amide bonds. The van der Waals surface area contributed by atoms with Crippen molar-refractivity contribution in [3.63, 3.8) is 0 Å². The molecule has 0 saturated heterocycles. The number of para-hydroxylation sites is 1. The highest BCUT2D eigenvalue weighted by Gasteiger charge is 2.20. The van der Waals surface area contributed by atoms with Gasteiger partial charge in [0.2, 0.25) is 0 Å². The lowest BCUT2D eigenvalue weighted by atomic mass is 10.2. The first-order valence-electron chi connectivity index (χ1n) is 9.35. The van der Waals surface area contributed by atoms with Gasteiger partial charge in [0.25, 0.3) is 11.6 Å². The average Bonchev–Trinajstić information content (AvgIpc) is 3.06. The van der Waals surface area contributed by atoms with Crippen LogP contribution in [-0.2, 0) is 9.53 Å². The molecule has 0 fully saturated rings. The van der Waals surface area contributed by atoms with Gasteiger partial charge in [0, 0.05) is 29.2 Å². The zero-order valence-corrected chi connectivity index (χ0v) is 17.2. The SMILES string of the molecule is COc1ccc([N+](=O)[O-])cc1NC(=O)COC(=O)c1cc(C)n(-c2ccccc2)c1C. The molecule has 1 N–H and O–H groups in total. The maximum atomic E-state index is 12.6. The molecule has 0 saturated carbocycles. The molecular weight excluding hydrogens is 402 g/mol. The summed E-state index contributed by atoms with van der Waals surface area (Å²) in [6.45, 7) is 3.11. The Kier molecular flexibility index (Phi) is 6.35. The van der Waals surface area contributed by atoms with Crippen LogP contribution in [0.4, 0.5) is 11.4 Å². The normalized spacial score (nSPS) is 10.4. The minimum atomic E-state index is -0.649. The van der Waals surface area contributed by atoms with Crippen molar-refractivity contribution in [2.75, 3.05) is 19.0 Å². The largest absolute Gasteiger partial charge is 0.495 e. The highest BCUT2D eigenvalue weighted by atomic mass is 16.6. The fourth-order valence-corrected chi connectivity index (χ4v) is 3.25. The molecule has 0 aliphatic carbocycles. The summed E-state index contributed by atoms with van der Waals surface area (Å²) in [6, 6.07) is 15.1. The molecule has 9 nitrogen and oxygen atoms in total. The summed E-state index contributed by atoms with van der Waals surface area (Å²) in [6.07, 6.45) is 0. The van der Waals surface area contributed by atoms with E-state index in [-0.39, 0.29) is 17.1 Å². The number of non-ortho nitro benzene ring substituents is 1. The topological polar surface area (TPSA) is 113 Å². The number of nitrogens with one attached hydrogen (secondary N) is 1. The van der Waals surface area contributed by atoms with Gasteiger partial charge in [-0.15, -0.1) is 0 Å². The molecule has 0 aliphatic rings. The third kappa shape index (κ3) is 4.72.